The van der Waals surface area contributed by atoms with Gasteiger partial charge in [0.15, 0.2) is 5.78 Å². The third-order valence-electron chi connectivity index (χ3n) is 3.93. The second kappa shape index (κ2) is 5.96. The molecule has 1 atom stereocenters. The van der Waals surface area contributed by atoms with Crippen molar-refractivity contribution in [3.05, 3.63) is 41.1 Å². The number of aromatic nitrogens is 2. The summed E-state index contributed by atoms with van der Waals surface area (Å²) in [6.45, 7) is 0.630. The number of rotatable bonds is 4. The van der Waals surface area contributed by atoms with E-state index in [1.54, 1.807) is 35.1 Å². The van der Waals surface area contributed by atoms with E-state index in [9.17, 15) is 9.59 Å². The Morgan fingerprint density at radius 2 is 2.32 bits per heavy atom. The quantitative estimate of drug-likeness (QED) is 0.812. The summed E-state index contributed by atoms with van der Waals surface area (Å²) in [7, 11) is 1.77. The van der Waals surface area contributed by atoms with Crippen LogP contribution in [0.1, 0.15) is 40.0 Å². The molecule has 0 saturated carbocycles. The lowest BCUT2D eigenvalue weighted by atomic mass is 10.0. The maximum atomic E-state index is 12.5. The molecule has 0 aliphatic carbocycles. The topological polar surface area (TPSA) is 68.3 Å². The molecule has 1 fully saturated rings. The molecule has 1 aliphatic rings. The van der Waals surface area contributed by atoms with E-state index in [1.807, 2.05) is 0 Å². The van der Waals surface area contributed by atoms with E-state index >= 15 is 0 Å². The number of amides is 1. The number of aryl methyl sites for hydroxylation is 1. The van der Waals surface area contributed by atoms with Crippen molar-refractivity contribution in [3.63, 3.8) is 0 Å². The van der Waals surface area contributed by atoms with Crippen molar-refractivity contribution in [1.82, 2.24) is 14.7 Å². The highest BCUT2D eigenvalue weighted by atomic mass is 35.5. The predicted molar refractivity (Wildman–Crippen MR) is 79.9 cm³/mol. The Hall–Kier alpha value is -2.08. The number of ketones is 1. The first-order valence-electron chi connectivity index (χ1n) is 7.12. The molecule has 2 aromatic rings. The van der Waals surface area contributed by atoms with Gasteiger partial charge in [-0.05, 0) is 30.5 Å². The maximum absolute atomic E-state index is 12.5. The van der Waals surface area contributed by atoms with E-state index < -0.39 is 0 Å². The molecule has 1 saturated heterocycles. The maximum Gasteiger partial charge on any atom is 0.258 e. The Bertz CT molecular complexity index is 706. The summed E-state index contributed by atoms with van der Waals surface area (Å²) >= 11 is 5.87. The van der Waals surface area contributed by atoms with Crippen molar-refractivity contribution in [1.29, 1.82) is 0 Å². The first-order chi connectivity index (χ1) is 10.6. The SMILES string of the molecule is Cn1cc(C(=O)CC2CCCN2C(=O)c2ccoc2Cl)cn1. The summed E-state index contributed by atoms with van der Waals surface area (Å²) in [6.07, 6.45) is 6.63. The van der Waals surface area contributed by atoms with Gasteiger partial charge in [0.25, 0.3) is 5.91 Å². The molecule has 1 amide bonds. The summed E-state index contributed by atoms with van der Waals surface area (Å²) in [5.41, 5.74) is 0.922. The molecule has 0 N–H and O–H groups in total. The molecule has 7 heteroatoms. The highest BCUT2D eigenvalue weighted by Gasteiger charge is 2.32. The smallest absolute Gasteiger partial charge is 0.258 e. The number of nitrogens with zero attached hydrogens (tertiary/aromatic N) is 3. The summed E-state index contributed by atoms with van der Waals surface area (Å²) in [4.78, 5) is 26.5. The third-order valence-corrected chi connectivity index (χ3v) is 4.23. The molecular weight excluding hydrogens is 306 g/mol. The minimum Gasteiger partial charge on any atom is -0.452 e. The van der Waals surface area contributed by atoms with Gasteiger partial charge in [-0.25, -0.2) is 0 Å². The fourth-order valence-electron chi connectivity index (χ4n) is 2.81. The molecule has 116 valence electrons. The summed E-state index contributed by atoms with van der Waals surface area (Å²) in [5, 5.41) is 4.10. The van der Waals surface area contributed by atoms with Gasteiger partial charge in [0, 0.05) is 32.3 Å². The summed E-state index contributed by atoms with van der Waals surface area (Å²) in [5.74, 6) is -0.184. The number of furan rings is 1. The van der Waals surface area contributed by atoms with Crippen LogP contribution in [0.15, 0.2) is 29.1 Å². The number of halogens is 1. The Balaban J connectivity index is 1.72. The standard InChI is InChI=1S/C15H16ClN3O3/c1-18-9-10(8-17-18)13(20)7-11-3-2-5-19(11)15(21)12-4-6-22-14(12)16/h4,6,8-9,11H,2-3,5,7H2,1H3. The Morgan fingerprint density at radius 3 is 2.95 bits per heavy atom. The van der Waals surface area contributed by atoms with Crippen molar-refractivity contribution in [2.75, 3.05) is 6.54 Å². The lowest BCUT2D eigenvalue weighted by molar-refractivity contribution is 0.0716. The fourth-order valence-corrected chi connectivity index (χ4v) is 3.01. The predicted octanol–water partition coefficient (Wildman–Crippen LogP) is 2.54. The van der Waals surface area contributed by atoms with Crippen LogP contribution in [0, 0.1) is 0 Å². The monoisotopic (exact) mass is 321 g/mol. The largest absolute Gasteiger partial charge is 0.452 e. The minimum absolute atomic E-state index is 0.00362. The van der Waals surface area contributed by atoms with E-state index in [0.29, 0.717) is 24.1 Å². The van der Waals surface area contributed by atoms with Gasteiger partial charge in [-0.1, -0.05) is 0 Å². The first-order valence-corrected chi connectivity index (χ1v) is 7.50. The van der Waals surface area contributed by atoms with Crippen LogP contribution in [0.2, 0.25) is 5.22 Å². The van der Waals surface area contributed by atoms with E-state index in [-0.39, 0.29) is 23.0 Å². The van der Waals surface area contributed by atoms with Gasteiger partial charge in [-0.3, -0.25) is 14.3 Å². The molecule has 3 rings (SSSR count). The second-order valence-electron chi connectivity index (χ2n) is 5.43. The van der Waals surface area contributed by atoms with Gasteiger partial charge >= 0.3 is 0 Å². The van der Waals surface area contributed by atoms with Crippen LogP contribution in [-0.4, -0.2) is 39.0 Å². The second-order valence-corrected chi connectivity index (χ2v) is 5.78. The molecule has 6 nitrogen and oxygen atoms in total. The number of carbonyl (C=O) groups is 2. The van der Waals surface area contributed by atoms with E-state index in [4.69, 9.17) is 16.0 Å². The van der Waals surface area contributed by atoms with Crippen LogP contribution < -0.4 is 0 Å². The lowest BCUT2D eigenvalue weighted by Crippen LogP contribution is -2.36. The molecule has 0 radical (unpaired) electrons. The Kier molecular flexibility index (Phi) is 4.02. The molecule has 2 aromatic heterocycles. The zero-order valence-electron chi connectivity index (χ0n) is 12.2. The molecule has 1 unspecified atom stereocenters. The van der Waals surface area contributed by atoms with Gasteiger partial charge in [0.2, 0.25) is 5.22 Å². The van der Waals surface area contributed by atoms with Gasteiger partial charge in [0.1, 0.15) is 0 Å². The van der Waals surface area contributed by atoms with E-state index in [0.717, 1.165) is 12.8 Å². The third kappa shape index (κ3) is 2.78. The van der Waals surface area contributed by atoms with Gasteiger partial charge < -0.3 is 9.32 Å². The summed E-state index contributed by atoms with van der Waals surface area (Å²) < 4.78 is 6.57. The molecule has 3 heterocycles. The van der Waals surface area contributed by atoms with Crippen LogP contribution in [0.4, 0.5) is 0 Å². The number of hydrogen-bond donors (Lipinski definition) is 0. The van der Waals surface area contributed by atoms with Crippen LogP contribution in [-0.2, 0) is 7.05 Å². The van der Waals surface area contributed by atoms with Gasteiger partial charge in [0.05, 0.1) is 23.6 Å². The number of hydrogen-bond acceptors (Lipinski definition) is 4. The molecule has 0 bridgehead atoms. The average Bonchev–Trinajstić information content (AvgIpc) is 3.19. The van der Waals surface area contributed by atoms with Crippen molar-refractivity contribution in [3.8, 4) is 0 Å². The zero-order chi connectivity index (χ0) is 15.7. The Morgan fingerprint density at radius 1 is 1.50 bits per heavy atom. The van der Waals surface area contributed by atoms with Crippen LogP contribution in [0.5, 0.6) is 0 Å². The van der Waals surface area contributed by atoms with E-state index in [2.05, 4.69) is 5.10 Å². The lowest BCUT2D eigenvalue weighted by Gasteiger charge is -2.23. The average molecular weight is 322 g/mol. The number of carbonyl (C=O) groups excluding carboxylic acids is 2. The normalized spacial score (nSPS) is 17.9. The van der Waals surface area contributed by atoms with Crippen molar-refractivity contribution in [2.45, 2.75) is 25.3 Å². The highest BCUT2D eigenvalue weighted by Crippen LogP contribution is 2.26. The van der Waals surface area contributed by atoms with E-state index in [1.165, 1.54) is 6.26 Å². The summed E-state index contributed by atoms with van der Waals surface area (Å²) in [6, 6.07) is 1.45. The molecule has 1 aliphatic heterocycles. The van der Waals surface area contributed by atoms with Crippen molar-refractivity contribution < 1.29 is 14.0 Å². The number of Topliss-reactive ketones (excluding diaryl/α,β-unsaturated/α-hetero) is 1. The Labute approximate surface area is 132 Å². The van der Waals surface area contributed by atoms with Crippen molar-refractivity contribution in [2.24, 2.45) is 7.05 Å². The zero-order valence-corrected chi connectivity index (χ0v) is 12.9. The van der Waals surface area contributed by atoms with Gasteiger partial charge in [-0.15, -0.1) is 0 Å². The van der Waals surface area contributed by atoms with Crippen LogP contribution >= 0.6 is 11.6 Å². The van der Waals surface area contributed by atoms with Crippen LogP contribution in [0.3, 0.4) is 0 Å². The molecule has 22 heavy (non-hydrogen) atoms. The van der Waals surface area contributed by atoms with Crippen LogP contribution in [0.25, 0.3) is 0 Å². The number of likely N-dealkylation sites (tertiary alicyclic amines) is 1. The molecule has 0 aromatic carbocycles. The van der Waals surface area contributed by atoms with Gasteiger partial charge in [-0.2, -0.15) is 5.10 Å². The fraction of sp³-hybridized carbons (Fsp3) is 0.400. The molecule has 0 spiro atoms. The highest BCUT2D eigenvalue weighted by molar-refractivity contribution is 6.32. The van der Waals surface area contributed by atoms with Crippen molar-refractivity contribution >= 4 is 23.3 Å². The first kappa shape index (κ1) is 14.8. The minimum atomic E-state index is -0.180. The molecular formula is C15H16ClN3O3.